The fourth-order valence-corrected chi connectivity index (χ4v) is 1.41. The quantitative estimate of drug-likeness (QED) is 0.331. The minimum Gasteiger partial charge on any atom is -0.560 e. The molecule has 0 saturated heterocycles. The van der Waals surface area contributed by atoms with Crippen LogP contribution in [0.2, 0.25) is 0 Å². The number of carbonyl (C=O) groups is 1. The maximum absolute atomic E-state index is 11.0. The molecule has 0 saturated carbocycles. The molecule has 1 aromatic carbocycles. The SMILES string of the molecule is [B]OC=N[C@@H](Cc1ccc(OCC=C)cc1)C(=O)O. The molecule has 0 unspecified atom stereocenters. The summed E-state index contributed by atoms with van der Waals surface area (Å²) in [7, 11) is 4.77. The summed E-state index contributed by atoms with van der Waals surface area (Å²) in [6, 6.07) is 6.17. The van der Waals surface area contributed by atoms with Gasteiger partial charge in [-0.3, -0.25) is 0 Å². The standard InChI is InChI=1S/C13H14BNO4/c1-2-7-18-11-5-3-10(4-6-11)8-12(13(16)17)15-9-19-14/h2-6,9,12H,1,7-8H2,(H,16,17)/t12-/m0/s1. The molecule has 0 bridgehead atoms. The lowest BCUT2D eigenvalue weighted by Crippen LogP contribution is -2.21. The van der Waals surface area contributed by atoms with Crippen LogP contribution in [-0.2, 0) is 15.9 Å². The number of hydrogen-bond acceptors (Lipinski definition) is 4. The first-order valence-corrected chi connectivity index (χ1v) is 5.60. The molecule has 1 N–H and O–H groups in total. The van der Waals surface area contributed by atoms with Gasteiger partial charge in [0.05, 0.1) is 0 Å². The number of ether oxygens (including phenoxy) is 1. The summed E-state index contributed by atoms with van der Waals surface area (Å²) < 4.78 is 9.47. The largest absolute Gasteiger partial charge is 0.560 e. The Balaban J connectivity index is 2.66. The van der Waals surface area contributed by atoms with E-state index in [1.807, 2.05) is 0 Å². The highest BCUT2D eigenvalue weighted by Gasteiger charge is 2.16. The number of carboxylic acid groups (broad SMARTS) is 1. The summed E-state index contributed by atoms with van der Waals surface area (Å²) in [6.45, 7) is 3.98. The van der Waals surface area contributed by atoms with Crippen LogP contribution in [0.5, 0.6) is 5.75 Å². The summed E-state index contributed by atoms with van der Waals surface area (Å²) in [5.74, 6) is -0.343. The van der Waals surface area contributed by atoms with Crippen molar-refractivity contribution in [1.82, 2.24) is 0 Å². The van der Waals surface area contributed by atoms with Crippen LogP contribution in [0.25, 0.3) is 0 Å². The van der Waals surface area contributed by atoms with Crippen LogP contribution in [-0.4, -0.2) is 38.2 Å². The number of hydrogen-bond donors (Lipinski definition) is 1. The molecule has 98 valence electrons. The lowest BCUT2D eigenvalue weighted by atomic mass is 10.1. The molecule has 1 rings (SSSR count). The van der Waals surface area contributed by atoms with Crippen molar-refractivity contribution < 1.29 is 19.3 Å². The van der Waals surface area contributed by atoms with Crippen LogP contribution in [0.15, 0.2) is 41.9 Å². The molecule has 1 atom stereocenters. The Hall–Kier alpha value is -2.24. The fraction of sp³-hybridized carbons (Fsp3) is 0.231. The topological polar surface area (TPSA) is 68.1 Å². The van der Waals surface area contributed by atoms with Crippen LogP contribution >= 0.6 is 0 Å². The Bertz CT molecular complexity index is 444. The number of rotatable bonds is 8. The van der Waals surface area contributed by atoms with Gasteiger partial charge in [-0.25, -0.2) is 9.79 Å². The molecule has 0 aromatic heterocycles. The van der Waals surface area contributed by atoms with Crippen LogP contribution in [0.3, 0.4) is 0 Å². The third kappa shape index (κ3) is 5.29. The highest BCUT2D eigenvalue weighted by Crippen LogP contribution is 2.14. The van der Waals surface area contributed by atoms with E-state index in [4.69, 9.17) is 17.9 Å². The van der Waals surface area contributed by atoms with E-state index < -0.39 is 12.0 Å². The first kappa shape index (κ1) is 14.8. The molecule has 6 heteroatoms. The molecule has 0 amide bonds. The zero-order chi connectivity index (χ0) is 14.1. The number of aliphatic imine (C=N–C) groups is 1. The van der Waals surface area contributed by atoms with Gasteiger partial charge >= 0.3 is 14.0 Å². The zero-order valence-corrected chi connectivity index (χ0v) is 10.4. The molecular weight excluding hydrogens is 245 g/mol. The second-order valence-electron chi connectivity index (χ2n) is 3.69. The second-order valence-corrected chi connectivity index (χ2v) is 3.69. The predicted octanol–water partition coefficient (Wildman–Crippen LogP) is 1.38. The van der Waals surface area contributed by atoms with Gasteiger partial charge in [0.1, 0.15) is 12.4 Å². The van der Waals surface area contributed by atoms with E-state index in [-0.39, 0.29) is 6.42 Å². The van der Waals surface area contributed by atoms with E-state index in [9.17, 15) is 4.79 Å². The van der Waals surface area contributed by atoms with Gasteiger partial charge in [-0.15, -0.1) is 0 Å². The Morgan fingerprint density at radius 2 is 2.16 bits per heavy atom. The van der Waals surface area contributed by atoms with Crippen molar-refractivity contribution in [1.29, 1.82) is 0 Å². The first-order valence-electron chi connectivity index (χ1n) is 5.60. The second kappa shape index (κ2) is 7.97. The van der Waals surface area contributed by atoms with E-state index >= 15 is 0 Å². The van der Waals surface area contributed by atoms with Crippen LogP contribution in [0.4, 0.5) is 0 Å². The van der Waals surface area contributed by atoms with Crippen molar-refractivity contribution in [2.75, 3.05) is 6.61 Å². The molecule has 0 aliphatic heterocycles. The van der Waals surface area contributed by atoms with E-state index in [2.05, 4.69) is 16.2 Å². The van der Waals surface area contributed by atoms with E-state index in [0.717, 1.165) is 12.0 Å². The summed E-state index contributed by atoms with van der Waals surface area (Å²) in [6.07, 6.45) is 2.81. The fourth-order valence-electron chi connectivity index (χ4n) is 1.41. The molecule has 1 aromatic rings. The monoisotopic (exact) mass is 259 g/mol. The van der Waals surface area contributed by atoms with Crippen LogP contribution < -0.4 is 4.74 Å². The van der Waals surface area contributed by atoms with Crippen molar-refractivity contribution in [2.24, 2.45) is 4.99 Å². The average molecular weight is 259 g/mol. The molecular formula is C13H14BNO4. The summed E-state index contributed by atoms with van der Waals surface area (Å²) in [5, 5.41) is 8.99. The maximum atomic E-state index is 11.0. The van der Waals surface area contributed by atoms with Gasteiger partial charge in [-0.05, 0) is 17.7 Å². The van der Waals surface area contributed by atoms with E-state index in [1.54, 1.807) is 30.3 Å². The van der Waals surface area contributed by atoms with E-state index in [0.29, 0.717) is 12.4 Å². The lowest BCUT2D eigenvalue weighted by Gasteiger charge is -2.08. The number of aliphatic carboxylic acids is 1. The van der Waals surface area contributed by atoms with Crippen molar-refractivity contribution in [3.05, 3.63) is 42.5 Å². The van der Waals surface area contributed by atoms with Crippen LogP contribution in [0.1, 0.15) is 5.56 Å². The zero-order valence-electron chi connectivity index (χ0n) is 10.4. The van der Waals surface area contributed by atoms with Gasteiger partial charge in [0.15, 0.2) is 12.4 Å². The molecule has 5 nitrogen and oxygen atoms in total. The average Bonchev–Trinajstić information content (AvgIpc) is 2.42. The van der Waals surface area contributed by atoms with Gasteiger partial charge in [0.25, 0.3) is 0 Å². The number of carboxylic acids is 1. The van der Waals surface area contributed by atoms with E-state index in [1.165, 1.54) is 0 Å². The van der Waals surface area contributed by atoms with Gasteiger partial charge in [0.2, 0.25) is 0 Å². The van der Waals surface area contributed by atoms with Gasteiger partial charge in [-0.2, -0.15) is 0 Å². The first-order chi connectivity index (χ1) is 9.17. The smallest absolute Gasteiger partial charge is 0.375 e. The predicted molar refractivity (Wildman–Crippen MR) is 72.6 cm³/mol. The Morgan fingerprint density at radius 1 is 1.47 bits per heavy atom. The number of benzene rings is 1. The third-order valence-electron chi connectivity index (χ3n) is 2.31. The van der Waals surface area contributed by atoms with Gasteiger partial charge in [0, 0.05) is 6.42 Å². The highest BCUT2D eigenvalue weighted by molar-refractivity contribution is 6.02. The lowest BCUT2D eigenvalue weighted by molar-refractivity contribution is -0.138. The van der Waals surface area contributed by atoms with Crippen molar-refractivity contribution in [2.45, 2.75) is 12.5 Å². The van der Waals surface area contributed by atoms with Crippen LogP contribution in [0, 0.1) is 0 Å². The van der Waals surface area contributed by atoms with Crippen molar-refractivity contribution >= 4 is 20.4 Å². The summed E-state index contributed by atoms with van der Waals surface area (Å²) in [5.41, 5.74) is 0.826. The van der Waals surface area contributed by atoms with Crippen molar-refractivity contribution in [3.8, 4) is 5.75 Å². The minimum atomic E-state index is -1.04. The summed E-state index contributed by atoms with van der Waals surface area (Å²) >= 11 is 0. The number of nitrogens with zero attached hydrogens (tertiary/aromatic N) is 1. The molecule has 0 spiro atoms. The third-order valence-corrected chi connectivity index (χ3v) is 2.31. The van der Waals surface area contributed by atoms with Gasteiger partial charge < -0.3 is 14.5 Å². The Labute approximate surface area is 113 Å². The Kier molecular flexibility index (Phi) is 6.22. The summed E-state index contributed by atoms with van der Waals surface area (Å²) in [4.78, 5) is 14.7. The normalized spacial score (nSPS) is 12.0. The van der Waals surface area contributed by atoms with Crippen molar-refractivity contribution in [3.63, 3.8) is 0 Å². The molecule has 0 heterocycles. The molecule has 2 radical (unpaired) electrons. The molecule has 0 fully saturated rings. The van der Waals surface area contributed by atoms with Gasteiger partial charge in [-0.1, -0.05) is 24.8 Å². The molecule has 0 aliphatic carbocycles. The molecule has 19 heavy (non-hydrogen) atoms. The maximum Gasteiger partial charge on any atom is 0.375 e. The Morgan fingerprint density at radius 3 is 2.68 bits per heavy atom. The highest BCUT2D eigenvalue weighted by atomic mass is 16.5. The molecule has 0 aliphatic rings. The minimum absolute atomic E-state index is 0.247.